The van der Waals surface area contributed by atoms with Crippen LogP contribution >= 0.6 is 0 Å². The summed E-state index contributed by atoms with van der Waals surface area (Å²) in [6, 6.07) is 14.0. The predicted molar refractivity (Wildman–Crippen MR) is 113 cm³/mol. The number of hydrogen-bond acceptors (Lipinski definition) is 4. The first-order valence-corrected chi connectivity index (χ1v) is 10.7. The second-order valence-electron chi connectivity index (χ2n) is 8.57. The minimum atomic E-state index is -2.54. The molecule has 31 heavy (non-hydrogen) atoms. The molecule has 0 aromatic heterocycles. The Balaban J connectivity index is 1.27. The zero-order chi connectivity index (χ0) is 22.0. The van der Waals surface area contributed by atoms with Crippen LogP contribution in [0.1, 0.15) is 35.6 Å². The molecule has 0 spiro atoms. The van der Waals surface area contributed by atoms with Gasteiger partial charge >= 0.3 is 0 Å². The molecule has 1 aliphatic carbocycles. The molecule has 7 heteroatoms. The number of halogens is 2. The molecule has 2 atom stereocenters. The Kier molecular flexibility index (Phi) is 6.25. The molecular formula is C24H28F2N2O3. The van der Waals surface area contributed by atoms with Crippen molar-refractivity contribution in [3.63, 3.8) is 0 Å². The normalized spacial score (nSPS) is 20.6. The van der Waals surface area contributed by atoms with Gasteiger partial charge in [0.25, 0.3) is 5.92 Å². The fourth-order valence-electron chi connectivity index (χ4n) is 3.82. The first-order valence-electron chi connectivity index (χ1n) is 10.7. The topological polar surface area (TPSA) is 61.8 Å². The standard InChI is InChI=1S/C24H28F2N2O3/c1-16(29)23(30)27-12-17-2-4-18(5-3-17)13-28-9-8-19-10-22(7-6-20(19)14-28)31-15-21-11-24(21,25)26/h2-7,10,16,21,29H,8-9,11-15H2,1H3,(H,27,30). The van der Waals surface area contributed by atoms with E-state index in [9.17, 15) is 18.7 Å². The van der Waals surface area contributed by atoms with E-state index in [0.717, 1.165) is 31.6 Å². The lowest BCUT2D eigenvalue weighted by molar-refractivity contribution is -0.128. The summed E-state index contributed by atoms with van der Waals surface area (Å²) in [4.78, 5) is 13.8. The SMILES string of the molecule is CC(O)C(=O)NCc1ccc(CN2CCc3cc(OCC4CC4(F)F)ccc3C2)cc1. The average molecular weight is 430 g/mol. The summed E-state index contributed by atoms with van der Waals surface area (Å²) in [7, 11) is 0. The molecule has 2 aromatic rings. The Morgan fingerprint density at radius 2 is 1.94 bits per heavy atom. The molecule has 2 unspecified atom stereocenters. The van der Waals surface area contributed by atoms with Gasteiger partial charge in [0.15, 0.2) is 0 Å². The molecule has 1 amide bonds. The van der Waals surface area contributed by atoms with Crippen molar-refractivity contribution in [2.75, 3.05) is 13.2 Å². The molecule has 2 aromatic carbocycles. The van der Waals surface area contributed by atoms with E-state index in [1.54, 1.807) is 0 Å². The van der Waals surface area contributed by atoms with Gasteiger partial charge in [-0.1, -0.05) is 30.3 Å². The maximum Gasteiger partial charge on any atom is 0.255 e. The number of benzene rings is 2. The largest absolute Gasteiger partial charge is 0.493 e. The van der Waals surface area contributed by atoms with E-state index in [1.165, 1.54) is 23.6 Å². The van der Waals surface area contributed by atoms with Crippen LogP contribution in [0.15, 0.2) is 42.5 Å². The summed E-state index contributed by atoms with van der Waals surface area (Å²) in [6.07, 6.45) is -0.174. The average Bonchev–Trinajstić information content (AvgIpc) is 3.37. The van der Waals surface area contributed by atoms with Crippen molar-refractivity contribution in [3.8, 4) is 5.75 Å². The number of aliphatic hydroxyl groups excluding tert-OH is 1. The first kappa shape index (κ1) is 21.7. The van der Waals surface area contributed by atoms with E-state index in [1.807, 2.05) is 30.3 Å². The van der Waals surface area contributed by atoms with Crippen molar-refractivity contribution in [3.05, 3.63) is 64.7 Å². The van der Waals surface area contributed by atoms with Gasteiger partial charge in [0.1, 0.15) is 11.9 Å². The van der Waals surface area contributed by atoms with Gasteiger partial charge in [-0.25, -0.2) is 8.78 Å². The molecule has 1 heterocycles. The lowest BCUT2D eigenvalue weighted by atomic mass is 9.99. The zero-order valence-corrected chi connectivity index (χ0v) is 17.6. The van der Waals surface area contributed by atoms with E-state index in [0.29, 0.717) is 12.3 Å². The maximum atomic E-state index is 13.0. The predicted octanol–water partition coefficient (Wildman–Crippen LogP) is 3.28. The zero-order valence-electron chi connectivity index (χ0n) is 17.6. The molecule has 1 aliphatic heterocycles. The van der Waals surface area contributed by atoms with Crippen LogP contribution < -0.4 is 10.1 Å². The molecule has 2 aliphatic rings. The number of alkyl halides is 2. The summed E-state index contributed by atoms with van der Waals surface area (Å²) in [6.45, 7) is 4.50. The summed E-state index contributed by atoms with van der Waals surface area (Å²) < 4.78 is 31.6. The van der Waals surface area contributed by atoms with Crippen LogP contribution in [0.2, 0.25) is 0 Å². The summed E-state index contributed by atoms with van der Waals surface area (Å²) in [5.74, 6) is -2.89. The quantitative estimate of drug-likeness (QED) is 0.675. The highest BCUT2D eigenvalue weighted by molar-refractivity contribution is 5.79. The number of ether oxygens (including phenoxy) is 1. The van der Waals surface area contributed by atoms with Gasteiger partial charge in [-0.05, 0) is 47.7 Å². The molecule has 0 saturated heterocycles. The third kappa shape index (κ3) is 5.60. The molecule has 1 saturated carbocycles. The van der Waals surface area contributed by atoms with E-state index in [2.05, 4.69) is 22.3 Å². The minimum Gasteiger partial charge on any atom is -0.493 e. The molecule has 0 radical (unpaired) electrons. The highest BCUT2D eigenvalue weighted by atomic mass is 19.3. The monoisotopic (exact) mass is 430 g/mol. The van der Waals surface area contributed by atoms with Gasteiger partial charge in [-0.2, -0.15) is 0 Å². The summed E-state index contributed by atoms with van der Waals surface area (Å²) in [5, 5.41) is 11.9. The van der Waals surface area contributed by atoms with Crippen LogP contribution in [0.3, 0.4) is 0 Å². The third-order valence-corrected chi connectivity index (χ3v) is 5.95. The van der Waals surface area contributed by atoms with Gasteiger partial charge < -0.3 is 15.2 Å². The van der Waals surface area contributed by atoms with Crippen molar-refractivity contribution >= 4 is 5.91 Å². The maximum absolute atomic E-state index is 13.0. The Labute approximate surface area is 181 Å². The Morgan fingerprint density at radius 3 is 2.61 bits per heavy atom. The van der Waals surface area contributed by atoms with E-state index < -0.39 is 17.9 Å². The molecule has 4 rings (SSSR count). The van der Waals surface area contributed by atoms with Crippen LogP contribution in [0.4, 0.5) is 8.78 Å². The van der Waals surface area contributed by atoms with Crippen molar-refractivity contribution < 1.29 is 23.4 Å². The number of amides is 1. The van der Waals surface area contributed by atoms with Crippen molar-refractivity contribution in [2.45, 2.75) is 51.4 Å². The van der Waals surface area contributed by atoms with Crippen LogP contribution in [-0.2, 0) is 30.8 Å². The summed E-state index contributed by atoms with van der Waals surface area (Å²) in [5.41, 5.74) is 4.64. The highest BCUT2D eigenvalue weighted by Crippen LogP contribution is 2.48. The lowest BCUT2D eigenvalue weighted by Crippen LogP contribution is -2.32. The number of carbonyl (C=O) groups is 1. The third-order valence-electron chi connectivity index (χ3n) is 5.95. The number of fused-ring (bicyclic) bond motifs is 1. The van der Waals surface area contributed by atoms with Crippen LogP contribution in [-0.4, -0.2) is 41.1 Å². The Hall–Kier alpha value is -2.51. The Morgan fingerprint density at radius 1 is 1.23 bits per heavy atom. The highest BCUT2D eigenvalue weighted by Gasteiger charge is 2.57. The van der Waals surface area contributed by atoms with Gasteiger partial charge in [0.05, 0.1) is 12.5 Å². The minimum absolute atomic E-state index is 0.0651. The first-order chi connectivity index (χ1) is 14.8. The van der Waals surface area contributed by atoms with Gasteiger partial charge in [0, 0.05) is 32.6 Å². The van der Waals surface area contributed by atoms with Gasteiger partial charge in [-0.3, -0.25) is 9.69 Å². The second-order valence-corrected chi connectivity index (χ2v) is 8.57. The van der Waals surface area contributed by atoms with E-state index >= 15 is 0 Å². The Bertz CT molecular complexity index is 931. The van der Waals surface area contributed by atoms with Gasteiger partial charge in [-0.15, -0.1) is 0 Å². The van der Waals surface area contributed by atoms with Crippen LogP contribution in [0, 0.1) is 5.92 Å². The van der Waals surface area contributed by atoms with E-state index in [4.69, 9.17) is 4.74 Å². The fraction of sp³-hybridized carbons (Fsp3) is 0.458. The molecule has 2 N–H and O–H groups in total. The fourth-order valence-corrected chi connectivity index (χ4v) is 3.82. The van der Waals surface area contributed by atoms with E-state index in [-0.39, 0.29) is 18.9 Å². The molecule has 0 bridgehead atoms. The van der Waals surface area contributed by atoms with Gasteiger partial charge in [0.2, 0.25) is 5.91 Å². The number of rotatable bonds is 8. The molecule has 1 fully saturated rings. The molecule has 5 nitrogen and oxygen atoms in total. The van der Waals surface area contributed by atoms with Crippen molar-refractivity contribution in [1.82, 2.24) is 10.2 Å². The number of aliphatic hydroxyl groups is 1. The number of carbonyl (C=O) groups excluding carboxylic acids is 1. The molecular weight excluding hydrogens is 402 g/mol. The number of nitrogens with one attached hydrogen (secondary N) is 1. The number of nitrogens with zero attached hydrogens (tertiary/aromatic N) is 1. The van der Waals surface area contributed by atoms with Crippen LogP contribution in [0.25, 0.3) is 0 Å². The second kappa shape index (κ2) is 8.93. The molecule has 166 valence electrons. The van der Waals surface area contributed by atoms with Crippen LogP contribution in [0.5, 0.6) is 5.75 Å². The smallest absolute Gasteiger partial charge is 0.255 e. The van der Waals surface area contributed by atoms with Crippen molar-refractivity contribution in [2.24, 2.45) is 5.92 Å². The lowest BCUT2D eigenvalue weighted by Gasteiger charge is -2.29. The van der Waals surface area contributed by atoms with Crippen molar-refractivity contribution in [1.29, 1.82) is 0 Å². The summed E-state index contributed by atoms with van der Waals surface area (Å²) >= 11 is 0. The number of hydrogen-bond donors (Lipinski definition) is 2.